The van der Waals surface area contributed by atoms with Crippen LogP contribution < -0.4 is 0 Å². The maximum absolute atomic E-state index is 13.1. The number of allylic oxidation sites excluding steroid dienone is 22. The van der Waals surface area contributed by atoms with E-state index in [2.05, 4.69) is 161 Å². The first kappa shape index (κ1) is 99.2. The number of ether oxygens (including phenoxy) is 4. The number of carbonyl (C=O) groups excluding carboxylic acids is 4. The lowest BCUT2D eigenvalue weighted by Crippen LogP contribution is -2.30. The zero-order valence-electron chi connectivity index (χ0n) is 65.2. The van der Waals surface area contributed by atoms with E-state index in [1.165, 1.54) is 83.5 Å². The summed E-state index contributed by atoms with van der Waals surface area (Å²) in [4.78, 5) is 73.0. The van der Waals surface area contributed by atoms with Crippen molar-refractivity contribution in [2.75, 3.05) is 39.6 Å². The van der Waals surface area contributed by atoms with Crippen molar-refractivity contribution in [3.8, 4) is 0 Å². The Labute approximate surface area is 631 Å². The van der Waals surface area contributed by atoms with Crippen molar-refractivity contribution < 1.29 is 80.2 Å². The molecule has 0 amide bonds. The van der Waals surface area contributed by atoms with Gasteiger partial charge in [0.2, 0.25) is 0 Å². The molecule has 0 aliphatic carbocycles. The number of phosphoric acid groups is 2. The van der Waals surface area contributed by atoms with E-state index < -0.39 is 97.5 Å². The number of unbranched alkanes of at least 4 members (excludes halogenated alkanes) is 27. The highest BCUT2D eigenvalue weighted by Gasteiger charge is 2.30. The molecular weight excluding hydrogens is 1350 g/mol. The average molecular weight is 1500 g/mol. The van der Waals surface area contributed by atoms with E-state index in [1.54, 1.807) is 0 Å². The van der Waals surface area contributed by atoms with Gasteiger partial charge in [-0.15, -0.1) is 0 Å². The van der Waals surface area contributed by atoms with Gasteiger partial charge in [0.15, 0.2) is 12.2 Å². The average Bonchev–Trinajstić information content (AvgIpc) is 0.918. The van der Waals surface area contributed by atoms with Gasteiger partial charge in [-0.05, 0) is 141 Å². The normalized spacial score (nSPS) is 14.6. The largest absolute Gasteiger partial charge is 0.472 e. The number of hydrogen-bond donors (Lipinski definition) is 3. The van der Waals surface area contributed by atoms with Gasteiger partial charge in [-0.2, -0.15) is 0 Å². The van der Waals surface area contributed by atoms with Gasteiger partial charge in [0, 0.05) is 25.7 Å². The molecule has 104 heavy (non-hydrogen) atoms. The molecule has 0 aromatic carbocycles. The zero-order chi connectivity index (χ0) is 76.0. The van der Waals surface area contributed by atoms with Gasteiger partial charge in [0.05, 0.1) is 26.4 Å². The van der Waals surface area contributed by atoms with Crippen molar-refractivity contribution in [1.82, 2.24) is 0 Å². The Balaban J connectivity index is 5.43. The van der Waals surface area contributed by atoms with Crippen LogP contribution in [0, 0.1) is 0 Å². The van der Waals surface area contributed by atoms with E-state index in [0.29, 0.717) is 32.1 Å². The van der Waals surface area contributed by atoms with Crippen LogP contribution in [0.15, 0.2) is 134 Å². The van der Waals surface area contributed by atoms with Gasteiger partial charge in [0.1, 0.15) is 19.3 Å². The Morgan fingerprint density at radius 3 is 0.817 bits per heavy atom. The molecular formula is C85H144O17P2. The lowest BCUT2D eigenvalue weighted by atomic mass is 10.0. The van der Waals surface area contributed by atoms with Crippen LogP contribution in [0.4, 0.5) is 0 Å². The van der Waals surface area contributed by atoms with Gasteiger partial charge in [-0.1, -0.05) is 290 Å². The minimum atomic E-state index is -5.00. The first-order chi connectivity index (χ1) is 50.7. The second-order valence-corrected chi connectivity index (χ2v) is 29.5. The smallest absolute Gasteiger partial charge is 0.462 e. The molecule has 0 bridgehead atoms. The lowest BCUT2D eigenvalue weighted by Gasteiger charge is -2.21. The third kappa shape index (κ3) is 75.4. The Morgan fingerprint density at radius 2 is 0.500 bits per heavy atom. The molecule has 0 aliphatic rings. The van der Waals surface area contributed by atoms with Gasteiger partial charge in [-0.25, -0.2) is 9.13 Å². The van der Waals surface area contributed by atoms with Crippen LogP contribution in [0.3, 0.4) is 0 Å². The second-order valence-electron chi connectivity index (χ2n) is 26.6. The molecule has 0 heterocycles. The van der Waals surface area contributed by atoms with Gasteiger partial charge in [0.25, 0.3) is 0 Å². The highest BCUT2D eigenvalue weighted by atomic mass is 31.2. The topological polar surface area (TPSA) is 237 Å². The van der Waals surface area contributed by atoms with Crippen LogP contribution in [0.5, 0.6) is 0 Å². The summed E-state index contributed by atoms with van der Waals surface area (Å²) in [6.45, 7) is 4.54. The first-order valence-electron chi connectivity index (χ1n) is 40.4. The standard InChI is InChI=1S/C85H144O17P2/c1-5-9-13-17-21-25-29-33-37-38-39-40-44-46-50-54-58-62-66-70-83(88)96-76-81(102-85(90)72-68-64-60-56-52-48-43-36-32-28-24-20-16-12-8-4)78-100-104(93,94)98-74-79(86)73-97-103(91,92)99-77-80(101-84(89)71-67-63-59-55-51-47-42-35-31-27-23-19-15-11-7-3)75-95-82(87)69-65-61-57-53-49-45-41-34-30-26-22-18-14-10-6-2/h9,12-13,16,21-22,24-26,28,33-34,36-37,39-41,43,46,50,52,56,79-81,86H,5-8,10-11,14-15,17-20,23,27,29-32,35,38,42,44-45,47-49,51,53-55,57-78H2,1-4H3,(H,91,92)(H,93,94)/b13-9-,16-12-,25-21-,26-22-,28-24-,37-33-,40-39-,41-34-,43-36-,50-46-,56-52-. The Morgan fingerprint density at radius 1 is 0.279 bits per heavy atom. The summed E-state index contributed by atoms with van der Waals surface area (Å²) in [5, 5.41) is 10.6. The van der Waals surface area contributed by atoms with Crippen LogP contribution in [-0.2, 0) is 65.4 Å². The minimum absolute atomic E-state index is 0.0315. The van der Waals surface area contributed by atoms with Crippen molar-refractivity contribution in [2.45, 2.75) is 341 Å². The molecule has 0 spiro atoms. The third-order valence-electron chi connectivity index (χ3n) is 16.6. The van der Waals surface area contributed by atoms with Crippen molar-refractivity contribution in [3.05, 3.63) is 134 Å². The van der Waals surface area contributed by atoms with Gasteiger partial charge < -0.3 is 33.8 Å². The predicted octanol–water partition coefficient (Wildman–Crippen LogP) is 23.7. The van der Waals surface area contributed by atoms with Crippen molar-refractivity contribution in [1.29, 1.82) is 0 Å². The highest BCUT2D eigenvalue weighted by Crippen LogP contribution is 2.45. The van der Waals surface area contributed by atoms with E-state index >= 15 is 0 Å². The van der Waals surface area contributed by atoms with E-state index in [1.807, 2.05) is 0 Å². The van der Waals surface area contributed by atoms with Crippen LogP contribution in [-0.4, -0.2) is 96.7 Å². The SMILES string of the molecule is CC/C=C\C/C=C\C/C=C\C/C=C\C/C=C\CCCCCC(=O)OCC(COP(=O)(O)OCC(O)COP(=O)(O)OCC(COC(=O)CCCCCCC/C=C\C/C=C\CCCCC)OC(=O)CCCCCCCCCCCCCCCCC)OC(=O)CCCC/C=C\C/C=C\C/C=C\C/C=C\CC. The summed E-state index contributed by atoms with van der Waals surface area (Å²) >= 11 is 0. The summed E-state index contributed by atoms with van der Waals surface area (Å²) in [7, 11) is -9.99. The molecule has 0 aromatic rings. The molecule has 0 saturated heterocycles. The summed E-state index contributed by atoms with van der Waals surface area (Å²) in [5.74, 6) is -2.27. The van der Waals surface area contributed by atoms with Crippen molar-refractivity contribution in [3.63, 3.8) is 0 Å². The molecule has 19 heteroatoms. The van der Waals surface area contributed by atoms with E-state index in [-0.39, 0.29) is 25.7 Å². The molecule has 0 rings (SSSR count). The maximum Gasteiger partial charge on any atom is 0.472 e. The fourth-order valence-corrected chi connectivity index (χ4v) is 12.1. The summed E-state index contributed by atoms with van der Waals surface area (Å²) in [5.41, 5.74) is 0. The van der Waals surface area contributed by atoms with Crippen LogP contribution >= 0.6 is 15.6 Å². The van der Waals surface area contributed by atoms with Gasteiger partial charge >= 0.3 is 39.5 Å². The number of aliphatic hydroxyl groups is 1. The number of rotatable bonds is 75. The molecule has 0 saturated carbocycles. The van der Waals surface area contributed by atoms with Crippen molar-refractivity contribution in [2.24, 2.45) is 0 Å². The molecule has 596 valence electrons. The minimum Gasteiger partial charge on any atom is -0.462 e. The van der Waals surface area contributed by atoms with E-state index in [9.17, 15) is 43.2 Å². The number of hydrogen-bond acceptors (Lipinski definition) is 15. The van der Waals surface area contributed by atoms with Crippen molar-refractivity contribution >= 4 is 39.5 Å². The molecule has 17 nitrogen and oxygen atoms in total. The molecule has 0 radical (unpaired) electrons. The summed E-state index contributed by atoms with van der Waals surface area (Å²) < 4.78 is 68.6. The van der Waals surface area contributed by atoms with Crippen LogP contribution in [0.2, 0.25) is 0 Å². The Kier molecular flexibility index (Phi) is 72.9. The number of aliphatic hydroxyl groups excluding tert-OH is 1. The molecule has 0 aliphatic heterocycles. The highest BCUT2D eigenvalue weighted by molar-refractivity contribution is 7.47. The molecule has 5 unspecified atom stereocenters. The zero-order valence-corrected chi connectivity index (χ0v) is 66.9. The summed E-state index contributed by atoms with van der Waals surface area (Å²) in [6.07, 6.45) is 85.7. The maximum atomic E-state index is 13.1. The van der Waals surface area contributed by atoms with E-state index in [4.69, 9.17) is 37.0 Å². The fourth-order valence-electron chi connectivity index (χ4n) is 10.5. The molecule has 3 N–H and O–H groups in total. The third-order valence-corrected chi connectivity index (χ3v) is 18.5. The quantitative estimate of drug-likeness (QED) is 0.0169. The Hall–Kier alpha value is -4.80. The first-order valence-corrected chi connectivity index (χ1v) is 43.4. The van der Waals surface area contributed by atoms with Gasteiger partial charge in [-0.3, -0.25) is 37.3 Å². The van der Waals surface area contributed by atoms with Crippen LogP contribution in [0.1, 0.15) is 323 Å². The monoisotopic (exact) mass is 1500 g/mol. The molecule has 0 aromatic heterocycles. The number of esters is 4. The van der Waals surface area contributed by atoms with Crippen LogP contribution in [0.25, 0.3) is 0 Å². The lowest BCUT2D eigenvalue weighted by molar-refractivity contribution is -0.161. The summed E-state index contributed by atoms with van der Waals surface area (Å²) in [6, 6.07) is 0. The predicted molar refractivity (Wildman–Crippen MR) is 427 cm³/mol. The Bertz CT molecular complexity index is 2490. The second kappa shape index (κ2) is 76.4. The fraction of sp³-hybridized carbons (Fsp3) is 0.694. The van der Waals surface area contributed by atoms with E-state index in [0.717, 1.165) is 154 Å². The number of phosphoric ester groups is 2. The molecule has 0 fully saturated rings. The number of carbonyl (C=O) groups is 4. The molecule has 5 atom stereocenters.